The summed E-state index contributed by atoms with van der Waals surface area (Å²) in [5, 5.41) is 20.3. The zero-order chi connectivity index (χ0) is 14.7. The molecule has 0 bridgehead atoms. The monoisotopic (exact) mass is 278 g/mol. The Balaban J connectivity index is 2.31. The first kappa shape index (κ1) is 14.3. The molecule has 6 nitrogen and oxygen atoms in total. The molecule has 0 radical (unpaired) electrons. The van der Waals surface area contributed by atoms with Crippen LogP contribution in [0.2, 0.25) is 0 Å². The highest BCUT2D eigenvalue weighted by Gasteiger charge is 2.27. The van der Waals surface area contributed by atoms with Crippen LogP contribution in [0.4, 0.5) is 11.4 Å². The quantitative estimate of drug-likeness (QED) is 0.661. The minimum atomic E-state index is -1.27. The van der Waals surface area contributed by atoms with Crippen LogP contribution in [0.15, 0.2) is 18.2 Å². The third kappa shape index (κ3) is 2.89. The minimum absolute atomic E-state index is 0.259. The molecule has 0 spiro atoms. The number of rotatable bonds is 5. The number of hydrogen-bond donors (Lipinski definition) is 1. The van der Waals surface area contributed by atoms with Crippen molar-refractivity contribution >= 4 is 17.3 Å². The predicted octanol–water partition coefficient (Wildman–Crippen LogP) is 2.92. The van der Waals surface area contributed by atoms with Crippen molar-refractivity contribution in [1.82, 2.24) is 0 Å². The number of para-hydroxylation sites is 1. The molecule has 0 atom stereocenters. The average molecular weight is 278 g/mol. The molecular weight excluding hydrogens is 260 g/mol. The van der Waals surface area contributed by atoms with Crippen molar-refractivity contribution in [3.8, 4) is 0 Å². The second kappa shape index (κ2) is 5.90. The van der Waals surface area contributed by atoms with E-state index in [-0.39, 0.29) is 11.3 Å². The van der Waals surface area contributed by atoms with Gasteiger partial charge in [0, 0.05) is 13.6 Å². The zero-order valence-corrected chi connectivity index (χ0v) is 11.4. The molecule has 2 rings (SSSR count). The smallest absolute Gasteiger partial charge is 0.342 e. The van der Waals surface area contributed by atoms with E-state index >= 15 is 0 Å². The summed E-state index contributed by atoms with van der Waals surface area (Å²) in [5.74, 6) is -0.735. The number of carbonyl (C=O) groups is 1. The highest BCUT2D eigenvalue weighted by Crippen LogP contribution is 2.33. The summed E-state index contributed by atoms with van der Waals surface area (Å²) in [6.45, 7) is 0.726. The van der Waals surface area contributed by atoms with Crippen LogP contribution in [0.3, 0.4) is 0 Å². The van der Waals surface area contributed by atoms with Gasteiger partial charge in [-0.15, -0.1) is 0 Å². The van der Waals surface area contributed by atoms with Crippen LogP contribution < -0.4 is 4.90 Å². The van der Waals surface area contributed by atoms with E-state index in [4.69, 9.17) is 5.11 Å². The maximum Gasteiger partial charge on any atom is 0.342 e. The van der Waals surface area contributed by atoms with E-state index in [1.165, 1.54) is 18.9 Å². The van der Waals surface area contributed by atoms with Gasteiger partial charge in [-0.25, -0.2) is 4.79 Å². The lowest BCUT2D eigenvalue weighted by Crippen LogP contribution is -2.25. The molecular formula is C14H18N2O4. The van der Waals surface area contributed by atoms with Crippen molar-refractivity contribution in [3.05, 3.63) is 33.9 Å². The third-order valence-corrected chi connectivity index (χ3v) is 3.85. The largest absolute Gasteiger partial charge is 0.477 e. The Hall–Kier alpha value is -2.11. The van der Waals surface area contributed by atoms with Crippen LogP contribution in [0.5, 0.6) is 0 Å². The summed E-state index contributed by atoms with van der Waals surface area (Å²) in [7, 11) is 1.78. The van der Waals surface area contributed by atoms with Gasteiger partial charge >= 0.3 is 11.7 Å². The Morgan fingerprint density at radius 2 is 2.10 bits per heavy atom. The van der Waals surface area contributed by atoms with E-state index in [1.54, 1.807) is 24.1 Å². The van der Waals surface area contributed by atoms with Gasteiger partial charge in [0.05, 0.1) is 4.92 Å². The van der Waals surface area contributed by atoms with E-state index in [2.05, 4.69) is 0 Å². The van der Waals surface area contributed by atoms with Crippen LogP contribution in [0, 0.1) is 16.0 Å². The van der Waals surface area contributed by atoms with Crippen molar-refractivity contribution in [3.63, 3.8) is 0 Å². The molecule has 20 heavy (non-hydrogen) atoms. The third-order valence-electron chi connectivity index (χ3n) is 3.85. The van der Waals surface area contributed by atoms with Crippen LogP contribution in [0.1, 0.15) is 36.0 Å². The number of nitro groups is 1. The lowest BCUT2D eigenvalue weighted by atomic mass is 10.1. The molecule has 1 N–H and O–H groups in total. The lowest BCUT2D eigenvalue weighted by Gasteiger charge is -2.23. The van der Waals surface area contributed by atoms with Gasteiger partial charge in [0.2, 0.25) is 0 Å². The lowest BCUT2D eigenvalue weighted by molar-refractivity contribution is -0.384. The molecule has 0 heterocycles. The van der Waals surface area contributed by atoms with Gasteiger partial charge in [-0.3, -0.25) is 10.1 Å². The summed E-state index contributed by atoms with van der Waals surface area (Å²) >= 11 is 0. The molecule has 1 aromatic rings. The maximum absolute atomic E-state index is 11.2. The van der Waals surface area contributed by atoms with Crippen molar-refractivity contribution in [2.24, 2.45) is 5.92 Å². The van der Waals surface area contributed by atoms with E-state index < -0.39 is 10.9 Å². The van der Waals surface area contributed by atoms with Gasteiger partial charge in [0.1, 0.15) is 11.3 Å². The summed E-state index contributed by atoms with van der Waals surface area (Å²) in [6.07, 6.45) is 4.68. The number of benzene rings is 1. The van der Waals surface area contributed by atoms with Gasteiger partial charge in [0.25, 0.3) is 0 Å². The molecule has 1 fully saturated rings. The number of hydrogen-bond acceptors (Lipinski definition) is 4. The van der Waals surface area contributed by atoms with Gasteiger partial charge < -0.3 is 10.0 Å². The molecule has 1 aliphatic carbocycles. The van der Waals surface area contributed by atoms with Gasteiger partial charge in [-0.2, -0.15) is 0 Å². The molecule has 0 amide bonds. The summed E-state index contributed by atoms with van der Waals surface area (Å²) in [6, 6.07) is 4.43. The number of nitro benzene ring substituents is 1. The first-order chi connectivity index (χ1) is 9.50. The van der Waals surface area contributed by atoms with E-state index in [0.29, 0.717) is 11.6 Å². The van der Waals surface area contributed by atoms with Gasteiger partial charge in [0.15, 0.2) is 0 Å². The highest BCUT2D eigenvalue weighted by molar-refractivity contribution is 5.95. The predicted molar refractivity (Wildman–Crippen MR) is 75.3 cm³/mol. The van der Waals surface area contributed by atoms with E-state index in [0.717, 1.165) is 19.4 Å². The van der Waals surface area contributed by atoms with Gasteiger partial charge in [-0.1, -0.05) is 18.9 Å². The fourth-order valence-corrected chi connectivity index (χ4v) is 2.88. The molecule has 0 aromatic heterocycles. The molecule has 1 saturated carbocycles. The number of anilines is 1. The normalized spacial score (nSPS) is 15.2. The Bertz CT molecular complexity index is 524. The Morgan fingerprint density at radius 1 is 1.45 bits per heavy atom. The molecule has 6 heteroatoms. The standard InChI is InChI=1S/C14H18N2O4/c1-15(9-10-5-2-3-6-10)12-8-4-7-11(14(17)18)13(12)16(19)20/h4,7-8,10H,2-3,5-6,9H2,1H3,(H,17,18). The number of carboxylic acids is 1. The molecule has 0 saturated heterocycles. The minimum Gasteiger partial charge on any atom is -0.477 e. The van der Waals surface area contributed by atoms with Crippen molar-refractivity contribution < 1.29 is 14.8 Å². The molecule has 0 unspecified atom stereocenters. The van der Waals surface area contributed by atoms with Crippen LogP contribution in [0.25, 0.3) is 0 Å². The number of carboxylic acid groups (broad SMARTS) is 1. The summed E-state index contributed by atoms with van der Waals surface area (Å²) in [4.78, 5) is 23.5. The average Bonchev–Trinajstić information content (AvgIpc) is 2.90. The topological polar surface area (TPSA) is 83.7 Å². The fourth-order valence-electron chi connectivity index (χ4n) is 2.88. The van der Waals surface area contributed by atoms with Gasteiger partial charge in [-0.05, 0) is 30.9 Å². The zero-order valence-electron chi connectivity index (χ0n) is 11.4. The number of nitrogens with zero attached hydrogens (tertiary/aromatic N) is 2. The van der Waals surface area contributed by atoms with Crippen LogP contribution in [-0.4, -0.2) is 29.6 Å². The van der Waals surface area contributed by atoms with Crippen molar-refractivity contribution in [2.45, 2.75) is 25.7 Å². The first-order valence-electron chi connectivity index (χ1n) is 6.72. The maximum atomic E-state index is 11.2. The highest BCUT2D eigenvalue weighted by atomic mass is 16.6. The molecule has 0 aliphatic heterocycles. The Morgan fingerprint density at radius 3 is 2.65 bits per heavy atom. The first-order valence-corrected chi connectivity index (χ1v) is 6.72. The second-order valence-corrected chi connectivity index (χ2v) is 5.27. The van der Waals surface area contributed by atoms with Crippen LogP contribution in [-0.2, 0) is 0 Å². The molecule has 1 aliphatic rings. The summed E-state index contributed by atoms with van der Waals surface area (Å²) < 4.78 is 0. The Kier molecular flexibility index (Phi) is 4.22. The van der Waals surface area contributed by atoms with Crippen LogP contribution >= 0.6 is 0 Å². The molecule has 108 valence electrons. The second-order valence-electron chi connectivity index (χ2n) is 5.27. The van der Waals surface area contributed by atoms with E-state index in [1.807, 2.05) is 0 Å². The van der Waals surface area contributed by atoms with Crippen molar-refractivity contribution in [1.29, 1.82) is 0 Å². The fraction of sp³-hybridized carbons (Fsp3) is 0.500. The summed E-state index contributed by atoms with van der Waals surface area (Å²) in [5.41, 5.74) is -0.201. The van der Waals surface area contributed by atoms with Crippen molar-refractivity contribution in [2.75, 3.05) is 18.5 Å². The number of aromatic carboxylic acids is 1. The molecule has 1 aromatic carbocycles. The Labute approximate surface area is 117 Å². The SMILES string of the molecule is CN(CC1CCCC1)c1cccc(C(=O)O)c1[N+](=O)[O-]. The van der Waals surface area contributed by atoms with E-state index in [9.17, 15) is 14.9 Å².